The highest BCUT2D eigenvalue weighted by Gasteiger charge is 2.18. The van der Waals surface area contributed by atoms with Gasteiger partial charge in [-0.25, -0.2) is 4.98 Å². The fourth-order valence-electron chi connectivity index (χ4n) is 3.20. The van der Waals surface area contributed by atoms with Gasteiger partial charge in [-0.15, -0.1) is 22.7 Å². The SMILES string of the molecule is O=C(NC(=S)Nc1ccc(-c2nc3ccccc3s2)cc1)c1sc2cc(Cl)ccc2c1Cl. The number of hydrogen-bond donors (Lipinski definition) is 2. The van der Waals surface area contributed by atoms with E-state index in [2.05, 4.69) is 21.7 Å². The van der Waals surface area contributed by atoms with Crippen molar-refractivity contribution in [3.05, 3.63) is 81.7 Å². The lowest BCUT2D eigenvalue weighted by atomic mass is 10.2. The standard InChI is InChI=1S/C23H13Cl2N3OS3/c24-13-7-10-15-18(11-13)31-20(19(15)25)21(29)28-23(30)26-14-8-5-12(6-9-14)22-27-16-3-1-2-4-17(16)32-22/h1-11H,(H2,26,28,29,30). The molecule has 0 spiro atoms. The molecule has 0 aliphatic rings. The van der Waals surface area contributed by atoms with Crippen molar-refractivity contribution in [2.75, 3.05) is 5.32 Å². The fourth-order valence-corrected chi connectivity index (χ4v) is 6.07. The first-order valence-electron chi connectivity index (χ1n) is 9.44. The van der Waals surface area contributed by atoms with Crippen LogP contribution in [-0.4, -0.2) is 16.0 Å². The molecular formula is C23H13Cl2N3OS3. The maximum absolute atomic E-state index is 12.7. The number of benzene rings is 3. The second-order valence-corrected chi connectivity index (χ2v) is 10.2. The molecule has 0 aliphatic heterocycles. The number of aromatic nitrogens is 1. The topological polar surface area (TPSA) is 54.0 Å². The molecule has 3 aromatic carbocycles. The highest BCUT2D eigenvalue weighted by atomic mass is 35.5. The number of rotatable bonds is 3. The van der Waals surface area contributed by atoms with Gasteiger partial charge in [0.05, 0.1) is 15.2 Å². The van der Waals surface area contributed by atoms with Gasteiger partial charge in [0.15, 0.2) is 5.11 Å². The molecule has 2 N–H and O–H groups in total. The Morgan fingerprint density at radius 3 is 2.50 bits per heavy atom. The van der Waals surface area contributed by atoms with Gasteiger partial charge in [0.25, 0.3) is 5.91 Å². The Hall–Kier alpha value is -2.55. The van der Waals surface area contributed by atoms with Crippen molar-refractivity contribution in [1.82, 2.24) is 10.3 Å². The van der Waals surface area contributed by atoms with Crippen molar-refractivity contribution in [3.8, 4) is 10.6 Å². The zero-order chi connectivity index (χ0) is 22.2. The van der Waals surface area contributed by atoms with Crippen molar-refractivity contribution in [3.63, 3.8) is 0 Å². The summed E-state index contributed by atoms with van der Waals surface area (Å²) < 4.78 is 1.99. The molecule has 2 heterocycles. The molecule has 0 unspecified atom stereocenters. The lowest BCUT2D eigenvalue weighted by Crippen LogP contribution is -2.33. The molecule has 0 saturated heterocycles. The highest BCUT2D eigenvalue weighted by molar-refractivity contribution is 7.80. The Labute approximate surface area is 206 Å². The summed E-state index contributed by atoms with van der Waals surface area (Å²) in [5.74, 6) is -0.365. The van der Waals surface area contributed by atoms with Crippen LogP contribution in [0.3, 0.4) is 0 Å². The molecule has 0 aliphatic carbocycles. The van der Waals surface area contributed by atoms with Crippen molar-refractivity contribution >= 4 is 95.1 Å². The lowest BCUT2D eigenvalue weighted by Gasteiger charge is -2.09. The maximum Gasteiger partial charge on any atom is 0.269 e. The summed E-state index contributed by atoms with van der Waals surface area (Å²) in [6, 6.07) is 21.1. The lowest BCUT2D eigenvalue weighted by molar-refractivity contribution is 0.0982. The van der Waals surface area contributed by atoms with Gasteiger partial charge in [-0.3, -0.25) is 10.1 Å². The minimum atomic E-state index is -0.365. The van der Waals surface area contributed by atoms with E-state index >= 15 is 0 Å². The molecule has 9 heteroatoms. The molecule has 5 rings (SSSR count). The number of fused-ring (bicyclic) bond motifs is 2. The maximum atomic E-state index is 12.7. The van der Waals surface area contributed by atoms with Gasteiger partial charge in [-0.05, 0) is 60.7 Å². The Balaban J connectivity index is 1.28. The first-order valence-corrected chi connectivity index (χ1v) is 12.2. The molecule has 158 valence electrons. The third-order valence-corrected chi connectivity index (χ3v) is 7.89. The second kappa shape index (κ2) is 8.77. The zero-order valence-corrected chi connectivity index (χ0v) is 20.1. The van der Waals surface area contributed by atoms with Crippen LogP contribution in [0.25, 0.3) is 30.9 Å². The van der Waals surface area contributed by atoms with Crippen LogP contribution in [0.2, 0.25) is 10.0 Å². The van der Waals surface area contributed by atoms with Crippen LogP contribution < -0.4 is 10.6 Å². The van der Waals surface area contributed by atoms with Crippen LogP contribution in [0.15, 0.2) is 66.7 Å². The number of halogens is 2. The van der Waals surface area contributed by atoms with Crippen LogP contribution in [0, 0.1) is 0 Å². The summed E-state index contributed by atoms with van der Waals surface area (Å²) in [6.45, 7) is 0. The van der Waals surface area contributed by atoms with Crippen molar-refractivity contribution in [2.45, 2.75) is 0 Å². The van der Waals surface area contributed by atoms with Gasteiger partial charge < -0.3 is 5.32 Å². The molecule has 0 saturated carbocycles. The number of carbonyl (C=O) groups excluding carboxylic acids is 1. The van der Waals surface area contributed by atoms with Gasteiger partial charge in [0.2, 0.25) is 0 Å². The molecular weight excluding hydrogens is 501 g/mol. The predicted molar refractivity (Wildman–Crippen MR) is 141 cm³/mol. The van der Waals surface area contributed by atoms with E-state index in [1.54, 1.807) is 29.5 Å². The normalized spacial score (nSPS) is 11.1. The molecule has 0 fully saturated rings. The summed E-state index contributed by atoms with van der Waals surface area (Å²) in [4.78, 5) is 17.8. The molecule has 1 amide bonds. The smallest absolute Gasteiger partial charge is 0.269 e. The number of para-hydroxylation sites is 1. The number of anilines is 1. The zero-order valence-electron chi connectivity index (χ0n) is 16.2. The Kier molecular flexibility index (Phi) is 5.84. The minimum Gasteiger partial charge on any atom is -0.332 e. The first-order chi connectivity index (χ1) is 15.5. The highest BCUT2D eigenvalue weighted by Crippen LogP contribution is 2.36. The number of carbonyl (C=O) groups is 1. The third-order valence-electron chi connectivity index (χ3n) is 4.71. The third kappa shape index (κ3) is 4.22. The molecule has 4 nitrogen and oxygen atoms in total. The number of thiocarbonyl (C=S) groups is 1. The average molecular weight is 514 g/mol. The van der Waals surface area contributed by atoms with Crippen LogP contribution in [-0.2, 0) is 0 Å². The van der Waals surface area contributed by atoms with E-state index in [0.717, 1.165) is 36.6 Å². The molecule has 0 bridgehead atoms. The van der Waals surface area contributed by atoms with Crippen LogP contribution >= 0.6 is 58.1 Å². The van der Waals surface area contributed by atoms with E-state index < -0.39 is 0 Å². The molecule has 2 aromatic heterocycles. The number of nitrogens with one attached hydrogen (secondary N) is 2. The van der Waals surface area contributed by atoms with Gasteiger partial charge in [0, 0.05) is 26.4 Å². The van der Waals surface area contributed by atoms with Gasteiger partial charge in [-0.2, -0.15) is 0 Å². The van der Waals surface area contributed by atoms with Gasteiger partial charge in [-0.1, -0.05) is 41.4 Å². The van der Waals surface area contributed by atoms with E-state index in [1.807, 2.05) is 42.5 Å². The largest absolute Gasteiger partial charge is 0.332 e. The fraction of sp³-hybridized carbons (Fsp3) is 0. The van der Waals surface area contributed by atoms with E-state index in [0.29, 0.717) is 14.9 Å². The monoisotopic (exact) mass is 513 g/mol. The van der Waals surface area contributed by atoms with Gasteiger partial charge >= 0.3 is 0 Å². The Morgan fingerprint density at radius 2 is 1.72 bits per heavy atom. The summed E-state index contributed by atoms with van der Waals surface area (Å²) >= 11 is 20.7. The summed E-state index contributed by atoms with van der Waals surface area (Å²) in [5.41, 5.74) is 2.76. The summed E-state index contributed by atoms with van der Waals surface area (Å²) in [7, 11) is 0. The Bertz CT molecular complexity index is 1460. The van der Waals surface area contributed by atoms with Crippen molar-refractivity contribution < 1.29 is 4.79 Å². The average Bonchev–Trinajstić information content (AvgIpc) is 3.35. The van der Waals surface area contributed by atoms with Crippen LogP contribution in [0.1, 0.15) is 9.67 Å². The minimum absolute atomic E-state index is 0.189. The van der Waals surface area contributed by atoms with E-state index in [9.17, 15) is 4.79 Å². The first kappa shape index (κ1) is 21.3. The number of nitrogens with zero attached hydrogens (tertiary/aromatic N) is 1. The van der Waals surface area contributed by atoms with Crippen LogP contribution in [0.5, 0.6) is 0 Å². The van der Waals surface area contributed by atoms with E-state index in [1.165, 1.54) is 11.3 Å². The number of thiophene rings is 1. The number of amides is 1. The second-order valence-electron chi connectivity index (χ2n) is 6.86. The number of thiazole rings is 1. The van der Waals surface area contributed by atoms with Crippen molar-refractivity contribution in [1.29, 1.82) is 0 Å². The quantitative estimate of drug-likeness (QED) is 0.243. The van der Waals surface area contributed by atoms with Crippen molar-refractivity contribution in [2.24, 2.45) is 0 Å². The molecule has 0 radical (unpaired) electrons. The number of hydrogen-bond acceptors (Lipinski definition) is 5. The Morgan fingerprint density at radius 1 is 0.938 bits per heavy atom. The molecule has 5 aromatic rings. The van der Waals surface area contributed by atoms with E-state index in [4.69, 9.17) is 35.4 Å². The predicted octanol–water partition coefficient (Wildman–Crippen LogP) is 7.61. The van der Waals surface area contributed by atoms with E-state index in [-0.39, 0.29) is 11.0 Å². The summed E-state index contributed by atoms with van der Waals surface area (Å²) in [6.07, 6.45) is 0. The van der Waals surface area contributed by atoms with Gasteiger partial charge in [0.1, 0.15) is 9.88 Å². The molecule has 32 heavy (non-hydrogen) atoms. The van der Waals surface area contributed by atoms with Crippen LogP contribution in [0.4, 0.5) is 5.69 Å². The summed E-state index contributed by atoms with van der Waals surface area (Å²) in [5, 5.41) is 8.63. The molecule has 0 atom stereocenters.